The van der Waals surface area contributed by atoms with E-state index in [9.17, 15) is 4.39 Å². The number of aromatic nitrogens is 2. The summed E-state index contributed by atoms with van der Waals surface area (Å²) in [6.45, 7) is 1.01. The summed E-state index contributed by atoms with van der Waals surface area (Å²) in [5.41, 5.74) is 2.29. The van der Waals surface area contributed by atoms with Crippen molar-refractivity contribution in [2.75, 3.05) is 37.6 Å². The van der Waals surface area contributed by atoms with Gasteiger partial charge in [-0.3, -0.25) is 5.43 Å². The molecule has 100 valence electrons. The highest BCUT2D eigenvalue weighted by Crippen LogP contribution is 2.24. The predicted octanol–water partition coefficient (Wildman–Crippen LogP) is -0.249. The summed E-state index contributed by atoms with van der Waals surface area (Å²) >= 11 is 0. The molecule has 1 saturated heterocycles. The molecule has 0 aromatic carbocycles. The van der Waals surface area contributed by atoms with Crippen molar-refractivity contribution >= 4 is 11.8 Å². The highest BCUT2D eigenvalue weighted by atomic mass is 19.1. The van der Waals surface area contributed by atoms with Gasteiger partial charge in [0, 0.05) is 27.3 Å². The fraction of sp³-hybridized carbons (Fsp3) is 0.600. The second-order valence-corrected chi connectivity index (χ2v) is 3.96. The van der Waals surface area contributed by atoms with E-state index in [1.807, 2.05) is 0 Å². The third-order valence-electron chi connectivity index (χ3n) is 2.98. The number of nitrogen functional groups attached to an aromatic ring is 1. The van der Waals surface area contributed by atoms with Crippen molar-refractivity contribution < 1.29 is 13.9 Å². The van der Waals surface area contributed by atoms with E-state index >= 15 is 0 Å². The molecule has 2 unspecified atom stereocenters. The minimum Gasteiger partial charge on any atom is -0.377 e. The maximum atomic E-state index is 13.7. The average Bonchev–Trinajstić information content (AvgIpc) is 2.82. The summed E-state index contributed by atoms with van der Waals surface area (Å²) in [6.07, 6.45) is 0.858. The molecule has 0 bridgehead atoms. The molecule has 0 spiro atoms. The van der Waals surface area contributed by atoms with E-state index in [1.165, 1.54) is 0 Å². The van der Waals surface area contributed by atoms with E-state index in [2.05, 4.69) is 15.4 Å². The molecule has 2 atom stereocenters. The molecule has 8 heteroatoms. The van der Waals surface area contributed by atoms with Gasteiger partial charge < -0.3 is 14.4 Å². The smallest absolute Gasteiger partial charge is 0.239 e. The van der Waals surface area contributed by atoms with Gasteiger partial charge in [-0.05, 0) is 0 Å². The predicted molar refractivity (Wildman–Crippen MR) is 63.6 cm³/mol. The van der Waals surface area contributed by atoms with E-state index in [-0.39, 0.29) is 24.0 Å². The Morgan fingerprint density at radius 1 is 1.39 bits per heavy atom. The lowest BCUT2D eigenvalue weighted by Gasteiger charge is -2.17. The first-order chi connectivity index (χ1) is 8.69. The van der Waals surface area contributed by atoms with Gasteiger partial charge in [0.15, 0.2) is 11.6 Å². The molecule has 2 rings (SSSR count). The molecular weight excluding hydrogens is 241 g/mol. The average molecular weight is 257 g/mol. The number of ether oxygens (including phenoxy) is 2. The summed E-state index contributed by atoms with van der Waals surface area (Å²) in [4.78, 5) is 9.45. The lowest BCUT2D eigenvalue weighted by atomic mass is 10.3. The molecule has 1 aromatic heterocycles. The Labute approximate surface area is 104 Å². The van der Waals surface area contributed by atoms with Gasteiger partial charge in [-0.1, -0.05) is 0 Å². The molecule has 1 aliphatic heterocycles. The van der Waals surface area contributed by atoms with Crippen LogP contribution in [0, 0.1) is 5.82 Å². The minimum absolute atomic E-state index is 0.112. The summed E-state index contributed by atoms with van der Waals surface area (Å²) in [6, 6.07) is 0. The number of hydrogen-bond donors (Lipinski definition) is 2. The second kappa shape index (κ2) is 5.42. The van der Waals surface area contributed by atoms with Crippen LogP contribution in [0.2, 0.25) is 0 Å². The van der Waals surface area contributed by atoms with Gasteiger partial charge in [-0.2, -0.15) is 4.98 Å². The maximum absolute atomic E-state index is 13.7. The quantitative estimate of drug-likeness (QED) is 0.568. The van der Waals surface area contributed by atoms with Crippen LogP contribution >= 0.6 is 0 Å². The third kappa shape index (κ3) is 2.35. The number of hydrogen-bond acceptors (Lipinski definition) is 7. The largest absolute Gasteiger partial charge is 0.377 e. The van der Waals surface area contributed by atoms with Crippen LogP contribution in [0.15, 0.2) is 6.20 Å². The van der Waals surface area contributed by atoms with Gasteiger partial charge in [0.25, 0.3) is 0 Å². The van der Waals surface area contributed by atoms with Crippen molar-refractivity contribution in [1.29, 1.82) is 0 Å². The number of hydrazine groups is 1. The van der Waals surface area contributed by atoms with E-state index in [4.69, 9.17) is 15.3 Å². The van der Waals surface area contributed by atoms with Crippen LogP contribution in [-0.4, -0.2) is 49.5 Å². The van der Waals surface area contributed by atoms with Crippen molar-refractivity contribution in [3.05, 3.63) is 12.0 Å². The lowest BCUT2D eigenvalue weighted by Crippen LogP contribution is -2.27. The van der Waals surface area contributed by atoms with Crippen molar-refractivity contribution in [2.45, 2.75) is 12.2 Å². The highest BCUT2D eigenvalue weighted by Gasteiger charge is 2.35. The molecular formula is C10H16FN5O2. The first-order valence-electron chi connectivity index (χ1n) is 5.49. The van der Waals surface area contributed by atoms with Crippen molar-refractivity contribution in [2.24, 2.45) is 5.84 Å². The number of rotatable bonds is 4. The van der Waals surface area contributed by atoms with Crippen molar-refractivity contribution in [3.63, 3.8) is 0 Å². The van der Waals surface area contributed by atoms with Gasteiger partial charge in [0.1, 0.15) is 12.2 Å². The van der Waals surface area contributed by atoms with Crippen molar-refractivity contribution in [3.8, 4) is 0 Å². The van der Waals surface area contributed by atoms with Crippen LogP contribution in [0.1, 0.15) is 0 Å². The Morgan fingerprint density at radius 2 is 2.00 bits per heavy atom. The molecule has 2 heterocycles. The fourth-order valence-electron chi connectivity index (χ4n) is 2.02. The van der Waals surface area contributed by atoms with E-state index in [1.54, 1.807) is 19.1 Å². The van der Waals surface area contributed by atoms with Gasteiger partial charge in [0.05, 0.1) is 6.20 Å². The van der Waals surface area contributed by atoms with Crippen LogP contribution in [-0.2, 0) is 9.47 Å². The van der Waals surface area contributed by atoms with Crippen LogP contribution in [0.3, 0.4) is 0 Å². The highest BCUT2D eigenvalue weighted by molar-refractivity contribution is 5.45. The van der Waals surface area contributed by atoms with Gasteiger partial charge in [-0.15, -0.1) is 0 Å². The first kappa shape index (κ1) is 12.9. The zero-order valence-corrected chi connectivity index (χ0v) is 10.3. The molecule has 0 saturated carbocycles. The molecule has 0 radical (unpaired) electrons. The SMILES string of the molecule is COC1CN(c2nc(NN)ncc2F)CC1OC. The van der Waals surface area contributed by atoms with Gasteiger partial charge in [-0.25, -0.2) is 15.2 Å². The fourth-order valence-corrected chi connectivity index (χ4v) is 2.02. The maximum Gasteiger partial charge on any atom is 0.239 e. The molecule has 18 heavy (non-hydrogen) atoms. The van der Waals surface area contributed by atoms with Crippen LogP contribution < -0.4 is 16.2 Å². The molecule has 7 nitrogen and oxygen atoms in total. The van der Waals surface area contributed by atoms with E-state index in [0.717, 1.165) is 6.20 Å². The Kier molecular flexibility index (Phi) is 3.90. The number of methoxy groups -OCH3 is 2. The molecule has 1 aromatic rings. The number of halogens is 1. The van der Waals surface area contributed by atoms with E-state index < -0.39 is 5.82 Å². The van der Waals surface area contributed by atoms with Crippen LogP contribution in [0.4, 0.5) is 16.2 Å². The zero-order chi connectivity index (χ0) is 13.1. The van der Waals surface area contributed by atoms with E-state index in [0.29, 0.717) is 13.1 Å². The second-order valence-electron chi connectivity index (χ2n) is 3.96. The monoisotopic (exact) mass is 257 g/mol. The summed E-state index contributed by atoms with van der Waals surface area (Å²) in [7, 11) is 3.20. The Morgan fingerprint density at radius 3 is 2.50 bits per heavy atom. The Balaban J connectivity index is 2.22. The van der Waals surface area contributed by atoms with Gasteiger partial charge >= 0.3 is 0 Å². The topological polar surface area (TPSA) is 85.5 Å². The lowest BCUT2D eigenvalue weighted by molar-refractivity contribution is -0.00461. The molecule has 0 amide bonds. The summed E-state index contributed by atoms with van der Waals surface area (Å²) in [5.74, 6) is 5.07. The molecule has 1 fully saturated rings. The summed E-state index contributed by atoms with van der Waals surface area (Å²) in [5, 5.41) is 0. The zero-order valence-electron chi connectivity index (χ0n) is 10.3. The van der Waals surface area contributed by atoms with Gasteiger partial charge in [0.2, 0.25) is 5.95 Å². The van der Waals surface area contributed by atoms with Crippen LogP contribution in [0.5, 0.6) is 0 Å². The Bertz CT molecular complexity index is 407. The Hall–Kier alpha value is -1.51. The normalized spacial score (nSPS) is 23.4. The standard InChI is InChI=1S/C10H16FN5O2/c1-17-7-4-16(5-8(7)18-2)9-6(11)3-13-10(14-9)15-12/h3,7-8H,4-5,12H2,1-2H3,(H,13,14,15). The third-order valence-corrected chi connectivity index (χ3v) is 2.98. The number of nitrogens with zero attached hydrogens (tertiary/aromatic N) is 3. The molecule has 3 N–H and O–H groups in total. The molecule has 0 aliphatic carbocycles. The number of nitrogens with two attached hydrogens (primary N) is 1. The number of anilines is 2. The van der Waals surface area contributed by atoms with Crippen LogP contribution in [0.25, 0.3) is 0 Å². The first-order valence-corrected chi connectivity index (χ1v) is 5.49. The molecule has 1 aliphatic rings. The minimum atomic E-state index is -0.499. The summed E-state index contributed by atoms with van der Waals surface area (Å²) < 4.78 is 24.3. The van der Waals surface area contributed by atoms with Crippen molar-refractivity contribution in [1.82, 2.24) is 9.97 Å². The number of nitrogens with one attached hydrogen (secondary N) is 1.